The Hall–Kier alpha value is -3.39. The zero-order valence-electron chi connectivity index (χ0n) is 14.3. The second-order valence-corrected chi connectivity index (χ2v) is 5.78. The van der Waals surface area contributed by atoms with Crippen molar-refractivity contribution in [1.82, 2.24) is 0 Å². The molecule has 0 aliphatic heterocycles. The number of benzene rings is 2. The number of unbranched alkanes of at least 4 members (excludes halogenated alkanes) is 1. The zero-order chi connectivity index (χ0) is 18.5. The van der Waals surface area contributed by atoms with Gasteiger partial charge in [-0.25, -0.2) is 0 Å². The van der Waals surface area contributed by atoms with Crippen LogP contribution in [-0.4, -0.2) is 25.3 Å². The Bertz CT molecular complexity index is 900. The number of methoxy groups -OCH3 is 1. The number of ketones is 2. The number of Topliss-reactive ketones (excluding diaryl/α,β-unsaturated/α-hetero) is 2. The van der Waals surface area contributed by atoms with Crippen LogP contribution >= 0.6 is 0 Å². The van der Waals surface area contributed by atoms with Crippen molar-refractivity contribution in [1.29, 1.82) is 5.26 Å². The van der Waals surface area contributed by atoms with E-state index in [0.717, 1.165) is 0 Å². The lowest BCUT2D eigenvalue weighted by Crippen LogP contribution is -2.01. The molecule has 2 aromatic carbocycles. The predicted octanol–water partition coefficient (Wildman–Crippen LogP) is 3.84. The summed E-state index contributed by atoms with van der Waals surface area (Å²) in [7, 11) is 1.54. The predicted molar refractivity (Wildman–Crippen MR) is 96.4 cm³/mol. The highest BCUT2D eigenvalue weighted by molar-refractivity contribution is 6.41. The van der Waals surface area contributed by atoms with Crippen molar-refractivity contribution in [2.45, 2.75) is 12.8 Å². The molecular formula is C21H17NO4. The number of nitrogens with zero attached hydrogens (tertiary/aromatic N) is 1. The minimum absolute atomic E-state index is 0.145. The first-order valence-electron chi connectivity index (χ1n) is 8.23. The average molecular weight is 347 g/mol. The van der Waals surface area contributed by atoms with Crippen molar-refractivity contribution < 1.29 is 19.1 Å². The Labute approximate surface area is 151 Å². The summed E-state index contributed by atoms with van der Waals surface area (Å²) in [5, 5.41) is 8.59. The van der Waals surface area contributed by atoms with Crippen LogP contribution < -0.4 is 9.47 Å². The molecule has 130 valence electrons. The van der Waals surface area contributed by atoms with Gasteiger partial charge in [-0.05, 0) is 30.2 Å². The third-order valence-electron chi connectivity index (χ3n) is 4.09. The monoisotopic (exact) mass is 347 g/mol. The van der Waals surface area contributed by atoms with E-state index in [1.165, 1.54) is 7.11 Å². The Morgan fingerprint density at radius 1 is 1.04 bits per heavy atom. The molecule has 0 unspecified atom stereocenters. The van der Waals surface area contributed by atoms with Crippen LogP contribution in [0.15, 0.2) is 48.0 Å². The molecule has 0 N–H and O–H groups in total. The molecule has 0 fully saturated rings. The van der Waals surface area contributed by atoms with Gasteiger partial charge < -0.3 is 9.47 Å². The summed E-state index contributed by atoms with van der Waals surface area (Å²) in [4.78, 5) is 25.0. The highest BCUT2D eigenvalue weighted by atomic mass is 16.5. The van der Waals surface area contributed by atoms with E-state index in [2.05, 4.69) is 6.07 Å². The van der Waals surface area contributed by atoms with Gasteiger partial charge in [0.1, 0.15) is 0 Å². The van der Waals surface area contributed by atoms with Gasteiger partial charge in [0.2, 0.25) is 0 Å². The van der Waals surface area contributed by atoms with Crippen molar-refractivity contribution in [3.63, 3.8) is 0 Å². The molecule has 0 spiro atoms. The summed E-state index contributed by atoms with van der Waals surface area (Å²) in [6, 6.07) is 14.1. The zero-order valence-corrected chi connectivity index (χ0v) is 14.3. The fourth-order valence-electron chi connectivity index (χ4n) is 2.80. The molecule has 1 aliphatic carbocycles. The summed E-state index contributed by atoms with van der Waals surface area (Å²) in [5.74, 6) is 0.530. The van der Waals surface area contributed by atoms with Crippen LogP contribution in [0.3, 0.4) is 0 Å². The molecule has 0 amide bonds. The molecule has 26 heavy (non-hydrogen) atoms. The fraction of sp³-hybridized carbons (Fsp3) is 0.190. The second kappa shape index (κ2) is 7.66. The Kier molecular flexibility index (Phi) is 5.14. The Morgan fingerprint density at radius 3 is 2.35 bits per heavy atom. The number of rotatable bonds is 6. The normalized spacial score (nSPS) is 12.5. The van der Waals surface area contributed by atoms with E-state index in [1.54, 1.807) is 48.5 Å². The molecular weight excluding hydrogens is 330 g/mol. The first-order valence-corrected chi connectivity index (χ1v) is 8.23. The molecule has 5 heteroatoms. The standard InChI is InChI=1S/C21H17NO4/c1-25-18-9-8-14(13-19(18)26-11-5-4-10-22)12-17-20(23)15-6-2-3-7-16(15)21(17)24/h2-3,6-9,12-13H,4-5,11H2,1H3. The van der Waals surface area contributed by atoms with E-state index in [-0.39, 0.29) is 17.1 Å². The van der Waals surface area contributed by atoms with E-state index in [0.29, 0.717) is 47.6 Å². The molecule has 2 aromatic rings. The van der Waals surface area contributed by atoms with Gasteiger partial charge in [0.15, 0.2) is 23.1 Å². The van der Waals surface area contributed by atoms with Gasteiger partial charge in [0, 0.05) is 17.5 Å². The van der Waals surface area contributed by atoms with Crippen LogP contribution in [-0.2, 0) is 0 Å². The van der Waals surface area contributed by atoms with Crippen LogP contribution in [0.2, 0.25) is 0 Å². The van der Waals surface area contributed by atoms with Gasteiger partial charge in [-0.15, -0.1) is 0 Å². The molecule has 5 nitrogen and oxygen atoms in total. The van der Waals surface area contributed by atoms with Crippen LogP contribution in [0.5, 0.6) is 11.5 Å². The average Bonchev–Trinajstić information content (AvgIpc) is 2.91. The molecule has 0 aromatic heterocycles. The first-order chi connectivity index (χ1) is 12.7. The highest BCUT2D eigenvalue weighted by Gasteiger charge is 2.32. The maximum Gasteiger partial charge on any atom is 0.197 e. The number of hydrogen-bond acceptors (Lipinski definition) is 5. The topological polar surface area (TPSA) is 76.4 Å². The number of carbonyl (C=O) groups is 2. The van der Waals surface area contributed by atoms with Crippen molar-refractivity contribution in [2.24, 2.45) is 0 Å². The highest BCUT2D eigenvalue weighted by Crippen LogP contribution is 2.32. The number of hydrogen-bond donors (Lipinski definition) is 0. The minimum Gasteiger partial charge on any atom is -0.493 e. The van der Waals surface area contributed by atoms with Gasteiger partial charge in [0.05, 0.1) is 25.4 Å². The molecule has 3 rings (SSSR count). The number of allylic oxidation sites excluding steroid dienone is 1. The lowest BCUT2D eigenvalue weighted by molar-refractivity contribution is 0.0990. The maximum absolute atomic E-state index is 12.5. The lowest BCUT2D eigenvalue weighted by atomic mass is 10.1. The molecule has 0 bridgehead atoms. The van der Waals surface area contributed by atoms with E-state index in [9.17, 15) is 9.59 Å². The molecule has 0 radical (unpaired) electrons. The van der Waals surface area contributed by atoms with Crippen LogP contribution in [0.25, 0.3) is 6.08 Å². The van der Waals surface area contributed by atoms with Gasteiger partial charge in [0.25, 0.3) is 0 Å². The number of fused-ring (bicyclic) bond motifs is 1. The summed E-state index contributed by atoms with van der Waals surface area (Å²) in [6.07, 6.45) is 2.59. The third kappa shape index (κ3) is 3.35. The number of ether oxygens (including phenoxy) is 2. The molecule has 0 saturated heterocycles. The van der Waals surface area contributed by atoms with E-state index < -0.39 is 0 Å². The molecule has 1 aliphatic rings. The summed E-state index contributed by atoms with van der Waals surface area (Å²) >= 11 is 0. The Morgan fingerprint density at radius 2 is 1.73 bits per heavy atom. The van der Waals surface area contributed by atoms with E-state index in [4.69, 9.17) is 14.7 Å². The quantitative estimate of drug-likeness (QED) is 0.451. The van der Waals surface area contributed by atoms with Crippen LogP contribution in [0.4, 0.5) is 0 Å². The van der Waals surface area contributed by atoms with E-state index in [1.807, 2.05) is 0 Å². The Balaban J connectivity index is 1.88. The maximum atomic E-state index is 12.5. The first kappa shape index (κ1) is 17.4. The van der Waals surface area contributed by atoms with Gasteiger partial charge in [-0.1, -0.05) is 30.3 Å². The van der Waals surface area contributed by atoms with Gasteiger partial charge in [-0.2, -0.15) is 5.26 Å². The second-order valence-electron chi connectivity index (χ2n) is 5.78. The van der Waals surface area contributed by atoms with Crippen molar-refractivity contribution in [3.05, 3.63) is 64.7 Å². The number of nitriles is 1. The summed E-state index contributed by atoms with van der Waals surface area (Å²) in [6.45, 7) is 0.382. The van der Waals surface area contributed by atoms with Crippen molar-refractivity contribution >= 4 is 17.6 Å². The van der Waals surface area contributed by atoms with E-state index >= 15 is 0 Å². The smallest absolute Gasteiger partial charge is 0.197 e. The molecule has 0 heterocycles. The molecule has 0 saturated carbocycles. The van der Waals surface area contributed by atoms with Crippen LogP contribution in [0.1, 0.15) is 39.1 Å². The summed E-state index contributed by atoms with van der Waals surface area (Å²) < 4.78 is 11.0. The minimum atomic E-state index is -0.266. The van der Waals surface area contributed by atoms with Crippen molar-refractivity contribution in [2.75, 3.05) is 13.7 Å². The molecule has 0 atom stereocenters. The number of carbonyl (C=O) groups excluding carboxylic acids is 2. The van der Waals surface area contributed by atoms with Gasteiger partial charge in [-0.3, -0.25) is 9.59 Å². The van der Waals surface area contributed by atoms with Crippen molar-refractivity contribution in [3.8, 4) is 17.6 Å². The largest absolute Gasteiger partial charge is 0.493 e. The fourth-order valence-corrected chi connectivity index (χ4v) is 2.80. The summed E-state index contributed by atoms with van der Waals surface area (Å²) in [5.41, 5.74) is 1.69. The third-order valence-corrected chi connectivity index (χ3v) is 4.09. The lowest BCUT2D eigenvalue weighted by Gasteiger charge is -2.11. The SMILES string of the molecule is COc1ccc(C=C2C(=O)c3ccccc3C2=O)cc1OCCCC#N. The van der Waals surface area contributed by atoms with Crippen LogP contribution in [0, 0.1) is 11.3 Å². The van der Waals surface area contributed by atoms with Gasteiger partial charge >= 0.3 is 0 Å².